The summed E-state index contributed by atoms with van der Waals surface area (Å²) < 4.78 is 0. The Morgan fingerprint density at radius 1 is 1.24 bits per heavy atom. The van der Waals surface area contributed by atoms with Crippen LogP contribution >= 0.6 is 0 Å². The van der Waals surface area contributed by atoms with Crippen molar-refractivity contribution in [1.82, 2.24) is 0 Å². The lowest BCUT2D eigenvalue weighted by molar-refractivity contribution is 0.462. The molecule has 3 N–H and O–H groups in total. The molecule has 1 aliphatic carbocycles. The summed E-state index contributed by atoms with van der Waals surface area (Å²) in [7, 11) is 0. The van der Waals surface area contributed by atoms with Crippen LogP contribution in [0.3, 0.4) is 0 Å². The van der Waals surface area contributed by atoms with Crippen LogP contribution < -0.4 is 11.1 Å². The van der Waals surface area contributed by atoms with Gasteiger partial charge in [0.1, 0.15) is 0 Å². The average molecular weight is 232 g/mol. The largest absolute Gasteiger partial charge is 0.398 e. The Balaban J connectivity index is 2.12. The van der Waals surface area contributed by atoms with Gasteiger partial charge in [0.15, 0.2) is 0 Å². The molecule has 0 bridgehead atoms. The molecular weight excluding hydrogens is 208 g/mol. The van der Waals surface area contributed by atoms with Crippen LogP contribution in [0.1, 0.15) is 50.2 Å². The van der Waals surface area contributed by atoms with E-state index < -0.39 is 0 Å². The van der Waals surface area contributed by atoms with Crippen LogP contribution in [0.5, 0.6) is 0 Å². The first-order valence-electron chi connectivity index (χ1n) is 6.86. The molecule has 1 aromatic carbocycles. The zero-order chi connectivity index (χ0) is 12.3. The smallest absolute Gasteiger partial charge is 0.0377 e. The van der Waals surface area contributed by atoms with Crippen molar-refractivity contribution in [3.63, 3.8) is 0 Å². The lowest BCUT2D eigenvalue weighted by atomic mass is 9.95. The maximum Gasteiger partial charge on any atom is 0.0377 e. The summed E-state index contributed by atoms with van der Waals surface area (Å²) in [6, 6.07) is 5.07. The number of aryl methyl sites for hydroxylation is 2. The van der Waals surface area contributed by atoms with E-state index in [4.69, 9.17) is 5.73 Å². The molecule has 0 aliphatic heterocycles. The zero-order valence-electron chi connectivity index (χ0n) is 11.1. The number of hydrogen-bond acceptors (Lipinski definition) is 2. The first-order chi connectivity index (χ1) is 8.20. The Morgan fingerprint density at radius 2 is 1.94 bits per heavy atom. The second-order valence-corrected chi connectivity index (χ2v) is 5.20. The van der Waals surface area contributed by atoms with Crippen molar-refractivity contribution >= 4 is 11.4 Å². The highest BCUT2D eigenvalue weighted by molar-refractivity contribution is 5.62. The maximum atomic E-state index is 6.07. The topological polar surface area (TPSA) is 38.0 Å². The van der Waals surface area contributed by atoms with E-state index >= 15 is 0 Å². The minimum absolute atomic E-state index is 0.663. The monoisotopic (exact) mass is 232 g/mol. The standard InChI is InChI=1S/C15H24N2/c1-3-12-10-14(9-11(2)15(12)16)17-13-7-5-4-6-8-13/h9-10,13,17H,3-8,16H2,1-2H3. The van der Waals surface area contributed by atoms with E-state index in [0.717, 1.165) is 12.1 Å². The first kappa shape index (κ1) is 12.3. The normalized spacial score (nSPS) is 17.1. The van der Waals surface area contributed by atoms with Crippen molar-refractivity contribution in [2.24, 2.45) is 0 Å². The van der Waals surface area contributed by atoms with Gasteiger partial charge in [0.25, 0.3) is 0 Å². The van der Waals surface area contributed by atoms with Crippen LogP contribution in [-0.4, -0.2) is 6.04 Å². The van der Waals surface area contributed by atoms with Crippen molar-refractivity contribution in [3.8, 4) is 0 Å². The zero-order valence-corrected chi connectivity index (χ0v) is 11.1. The molecule has 1 fully saturated rings. The fourth-order valence-electron chi connectivity index (χ4n) is 2.73. The minimum Gasteiger partial charge on any atom is -0.398 e. The third kappa shape index (κ3) is 2.93. The Bertz CT molecular complexity index is 379. The van der Waals surface area contributed by atoms with Crippen LogP contribution in [0.2, 0.25) is 0 Å². The molecule has 1 aliphatic rings. The van der Waals surface area contributed by atoms with Crippen LogP contribution in [0.15, 0.2) is 12.1 Å². The molecule has 0 radical (unpaired) electrons. The highest BCUT2D eigenvalue weighted by Crippen LogP contribution is 2.26. The van der Waals surface area contributed by atoms with Gasteiger partial charge in [-0.3, -0.25) is 0 Å². The van der Waals surface area contributed by atoms with Crippen molar-refractivity contribution < 1.29 is 0 Å². The van der Waals surface area contributed by atoms with Crippen molar-refractivity contribution in [1.29, 1.82) is 0 Å². The maximum absolute atomic E-state index is 6.07. The van der Waals surface area contributed by atoms with Gasteiger partial charge in [-0.15, -0.1) is 0 Å². The second kappa shape index (κ2) is 5.44. The molecule has 2 rings (SSSR count). The Hall–Kier alpha value is -1.18. The van der Waals surface area contributed by atoms with Gasteiger partial charge in [0.05, 0.1) is 0 Å². The highest BCUT2D eigenvalue weighted by Gasteiger charge is 2.13. The molecular formula is C15H24N2. The summed E-state index contributed by atoms with van der Waals surface area (Å²) in [5.41, 5.74) is 10.7. The molecule has 0 amide bonds. The van der Waals surface area contributed by atoms with Gasteiger partial charge in [-0.2, -0.15) is 0 Å². The van der Waals surface area contributed by atoms with Crippen molar-refractivity contribution in [3.05, 3.63) is 23.3 Å². The summed E-state index contributed by atoms with van der Waals surface area (Å²) >= 11 is 0. The summed E-state index contributed by atoms with van der Waals surface area (Å²) in [5.74, 6) is 0. The van der Waals surface area contributed by atoms with Crippen molar-refractivity contribution in [2.75, 3.05) is 11.1 Å². The third-order valence-electron chi connectivity index (χ3n) is 3.83. The van der Waals surface area contributed by atoms with E-state index in [9.17, 15) is 0 Å². The number of benzene rings is 1. The molecule has 2 nitrogen and oxygen atoms in total. The van der Waals surface area contributed by atoms with Gasteiger partial charge in [0.2, 0.25) is 0 Å². The number of nitrogens with two attached hydrogens (primary N) is 1. The van der Waals surface area contributed by atoms with E-state index in [1.54, 1.807) is 0 Å². The number of hydrogen-bond donors (Lipinski definition) is 2. The van der Waals surface area contributed by atoms with E-state index in [1.165, 1.54) is 48.9 Å². The molecule has 94 valence electrons. The third-order valence-corrected chi connectivity index (χ3v) is 3.83. The quantitative estimate of drug-likeness (QED) is 0.776. The number of anilines is 2. The minimum atomic E-state index is 0.663. The first-order valence-corrected chi connectivity index (χ1v) is 6.86. The molecule has 0 atom stereocenters. The SMILES string of the molecule is CCc1cc(NC2CCCCC2)cc(C)c1N. The van der Waals surface area contributed by atoms with Crippen LogP contribution in [0.4, 0.5) is 11.4 Å². The van der Waals surface area contributed by atoms with E-state index in [1.807, 2.05) is 0 Å². The van der Waals surface area contributed by atoms with E-state index in [0.29, 0.717) is 6.04 Å². The molecule has 0 saturated heterocycles. The van der Waals surface area contributed by atoms with E-state index in [2.05, 4.69) is 31.3 Å². The van der Waals surface area contributed by atoms with Gasteiger partial charge in [-0.1, -0.05) is 26.2 Å². The lowest BCUT2D eigenvalue weighted by Crippen LogP contribution is -2.22. The predicted octanol–water partition coefficient (Wildman–Crippen LogP) is 3.88. The molecule has 1 aromatic rings. The molecule has 0 unspecified atom stereocenters. The lowest BCUT2D eigenvalue weighted by Gasteiger charge is -2.24. The average Bonchev–Trinajstić information content (AvgIpc) is 2.35. The van der Waals surface area contributed by atoms with Gasteiger partial charge < -0.3 is 11.1 Å². The fourth-order valence-corrected chi connectivity index (χ4v) is 2.73. The molecule has 0 aromatic heterocycles. The molecule has 0 heterocycles. The van der Waals surface area contributed by atoms with Crippen LogP contribution in [0.25, 0.3) is 0 Å². The van der Waals surface area contributed by atoms with Gasteiger partial charge in [0, 0.05) is 17.4 Å². The number of rotatable bonds is 3. The molecule has 1 saturated carbocycles. The summed E-state index contributed by atoms with van der Waals surface area (Å²) in [5, 5.41) is 3.67. The summed E-state index contributed by atoms with van der Waals surface area (Å²) in [6.45, 7) is 4.26. The van der Waals surface area contributed by atoms with Crippen LogP contribution in [-0.2, 0) is 6.42 Å². The molecule has 17 heavy (non-hydrogen) atoms. The summed E-state index contributed by atoms with van der Waals surface area (Å²) in [4.78, 5) is 0. The highest BCUT2D eigenvalue weighted by atomic mass is 14.9. The number of nitrogens with one attached hydrogen (secondary N) is 1. The predicted molar refractivity (Wildman–Crippen MR) is 75.5 cm³/mol. The van der Waals surface area contributed by atoms with Gasteiger partial charge in [-0.05, 0) is 49.4 Å². The van der Waals surface area contributed by atoms with Gasteiger partial charge in [-0.25, -0.2) is 0 Å². The Kier molecular flexibility index (Phi) is 3.93. The molecule has 2 heteroatoms. The molecule has 0 spiro atoms. The number of nitrogen functional groups attached to an aromatic ring is 1. The van der Waals surface area contributed by atoms with E-state index in [-0.39, 0.29) is 0 Å². The fraction of sp³-hybridized carbons (Fsp3) is 0.600. The van der Waals surface area contributed by atoms with Gasteiger partial charge >= 0.3 is 0 Å². The summed E-state index contributed by atoms with van der Waals surface area (Å²) in [6.07, 6.45) is 7.76. The Labute approximate surface area is 105 Å². The second-order valence-electron chi connectivity index (χ2n) is 5.20. The van der Waals surface area contributed by atoms with Crippen LogP contribution in [0, 0.1) is 6.92 Å². The Morgan fingerprint density at radius 3 is 2.59 bits per heavy atom. The van der Waals surface area contributed by atoms with Crippen molar-refractivity contribution in [2.45, 2.75) is 58.4 Å².